The van der Waals surface area contributed by atoms with E-state index in [2.05, 4.69) is 4.72 Å². The normalized spacial score (nSPS) is 17.8. The minimum absolute atomic E-state index is 0.103. The monoisotopic (exact) mass is 394 g/mol. The van der Waals surface area contributed by atoms with Crippen LogP contribution in [0.25, 0.3) is 0 Å². The second-order valence-electron chi connectivity index (χ2n) is 6.54. The van der Waals surface area contributed by atoms with Crippen LogP contribution < -0.4 is 9.03 Å². The van der Waals surface area contributed by atoms with E-state index < -0.39 is 26.1 Å². The van der Waals surface area contributed by atoms with Crippen LogP contribution in [0.2, 0.25) is 0 Å². The highest BCUT2D eigenvalue weighted by atomic mass is 32.2. The van der Waals surface area contributed by atoms with E-state index in [0.29, 0.717) is 17.7 Å². The van der Waals surface area contributed by atoms with Crippen molar-refractivity contribution < 1.29 is 16.8 Å². The molecule has 8 heteroatoms. The van der Waals surface area contributed by atoms with E-state index in [1.165, 1.54) is 4.31 Å². The summed E-state index contributed by atoms with van der Waals surface area (Å²) in [5, 5.41) is 0. The fourth-order valence-electron chi connectivity index (χ4n) is 3.23. The van der Waals surface area contributed by atoms with E-state index >= 15 is 0 Å². The maximum Gasteiger partial charge on any atom is 0.232 e. The number of aryl methyl sites for hydroxylation is 1. The van der Waals surface area contributed by atoms with Crippen molar-refractivity contribution in [2.24, 2.45) is 0 Å². The molecule has 0 saturated heterocycles. The van der Waals surface area contributed by atoms with Crippen molar-refractivity contribution in [3.8, 4) is 0 Å². The van der Waals surface area contributed by atoms with Gasteiger partial charge in [-0.1, -0.05) is 42.5 Å². The Kier molecular flexibility index (Phi) is 5.09. The number of nitrogens with zero attached hydrogens (tertiary/aromatic N) is 1. The molecule has 0 bridgehead atoms. The molecule has 0 spiro atoms. The number of anilines is 1. The highest BCUT2D eigenvalue weighted by Gasteiger charge is 2.31. The first kappa shape index (κ1) is 18.9. The van der Waals surface area contributed by atoms with Gasteiger partial charge in [-0.05, 0) is 36.1 Å². The van der Waals surface area contributed by atoms with Crippen LogP contribution in [0.5, 0.6) is 0 Å². The van der Waals surface area contributed by atoms with Crippen LogP contribution in [0, 0.1) is 6.92 Å². The lowest BCUT2D eigenvalue weighted by Crippen LogP contribution is -2.40. The van der Waals surface area contributed by atoms with E-state index in [9.17, 15) is 16.8 Å². The molecule has 0 amide bonds. The van der Waals surface area contributed by atoms with E-state index in [0.717, 1.165) is 17.4 Å². The maximum atomic E-state index is 12.7. The SMILES string of the molecule is Cc1ccccc1CS(=O)(=O)NC1CCN(S(C)(=O)=O)c2ccccc21. The number of sulfonamides is 2. The van der Waals surface area contributed by atoms with Crippen LogP contribution in [0.3, 0.4) is 0 Å². The minimum Gasteiger partial charge on any atom is -0.270 e. The molecule has 3 rings (SSSR count). The molecule has 140 valence electrons. The molecule has 1 atom stereocenters. The Hall–Kier alpha value is -1.90. The van der Waals surface area contributed by atoms with Crippen LogP contribution >= 0.6 is 0 Å². The van der Waals surface area contributed by atoms with Gasteiger partial charge in [0.15, 0.2) is 0 Å². The molecule has 0 aromatic heterocycles. The van der Waals surface area contributed by atoms with Crippen LogP contribution in [-0.2, 0) is 25.8 Å². The third-order valence-electron chi connectivity index (χ3n) is 4.53. The van der Waals surface area contributed by atoms with Gasteiger partial charge in [-0.2, -0.15) is 0 Å². The molecule has 6 nitrogen and oxygen atoms in total. The number of fused-ring (bicyclic) bond motifs is 1. The zero-order valence-corrected chi connectivity index (χ0v) is 16.3. The van der Waals surface area contributed by atoms with Gasteiger partial charge in [0.1, 0.15) is 0 Å². The molecule has 2 aromatic rings. The second-order valence-corrected chi connectivity index (χ2v) is 10.2. The summed E-state index contributed by atoms with van der Waals surface area (Å²) in [6, 6.07) is 13.9. The number of hydrogen-bond donors (Lipinski definition) is 1. The van der Waals surface area contributed by atoms with E-state index in [1.54, 1.807) is 30.3 Å². The summed E-state index contributed by atoms with van der Waals surface area (Å²) in [6.07, 6.45) is 1.55. The van der Waals surface area contributed by atoms with Gasteiger partial charge in [0.2, 0.25) is 20.0 Å². The van der Waals surface area contributed by atoms with Crippen molar-refractivity contribution in [3.63, 3.8) is 0 Å². The average Bonchev–Trinajstić information content (AvgIpc) is 2.56. The summed E-state index contributed by atoms with van der Waals surface area (Å²) >= 11 is 0. The van der Waals surface area contributed by atoms with Crippen molar-refractivity contribution >= 4 is 25.7 Å². The van der Waals surface area contributed by atoms with Gasteiger partial charge in [-0.15, -0.1) is 0 Å². The highest BCUT2D eigenvalue weighted by molar-refractivity contribution is 7.92. The number of hydrogen-bond acceptors (Lipinski definition) is 4. The summed E-state index contributed by atoms with van der Waals surface area (Å²) in [5.41, 5.74) is 2.88. The van der Waals surface area contributed by atoms with E-state index in [1.807, 2.05) is 25.1 Å². The molecule has 0 aliphatic carbocycles. The first-order valence-electron chi connectivity index (χ1n) is 8.28. The maximum absolute atomic E-state index is 12.7. The van der Waals surface area contributed by atoms with Crippen LogP contribution in [0.4, 0.5) is 5.69 Å². The number of nitrogens with one attached hydrogen (secondary N) is 1. The lowest BCUT2D eigenvalue weighted by molar-refractivity contribution is 0.530. The van der Waals surface area contributed by atoms with Gasteiger partial charge >= 0.3 is 0 Å². The van der Waals surface area contributed by atoms with Gasteiger partial charge in [-0.25, -0.2) is 21.6 Å². The van der Waals surface area contributed by atoms with Crippen LogP contribution in [-0.4, -0.2) is 29.6 Å². The minimum atomic E-state index is -3.57. The van der Waals surface area contributed by atoms with Crippen LogP contribution in [0.15, 0.2) is 48.5 Å². The fourth-order valence-corrected chi connectivity index (χ4v) is 5.69. The van der Waals surface area contributed by atoms with Gasteiger partial charge in [0.05, 0.1) is 23.7 Å². The molecule has 2 aromatic carbocycles. The van der Waals surface area contributed by atoms with Crippen molar-refractivity contribution in [1.82, 2.24) is 4.72 Å². The first-order valence-corrected chi connectivity index (χ1v) is 11.8. The Balaban J connectivity index is 1.87. The number of rotatable bonds is 5. The lowest BCUT2D eigenvalue weighted by atomic mass is 9.99. The largest absolute Gasteiger partial charge is 0.270 e. The van der Waals surface area contributed by atoms with Crippen molar-refractivity contribution in [2.45, 2.75) is 25.1 Å². The second kappa shape index (κ2) is 7.02. The molecule has 1 aliphatic rings. The van der Waals surface area contributed by atoms with E-state index in [4.69, 9.17) is 0 Å². The van der Waals surface area contributed by atoms with Crippen molar-refractivity contribution in [1.29, 1.82) is 0 Å². The lowest BCUT2D eigenvalue weighted by Gasteiger charge is -2.34. The Morgan fingerprint density at radius 2 is 1.69 bits per heavy atom. The number of benzene rings is 2. The average molecular weight is 395 g/mol. The van der Waals surface area contributed by atoms with Crippen LogP contribution in [0.1, 0.15) is 29.2 Å². The smallest absolute Gasteiger partial charge is 0.232 e. The van der Waals surface area contributed by atoms with Gasteiger partial charge < -0.3 is 0 Å². The third-order valence-corrected chi connectivity index (χ3v) is 7.05. The molecule has 1 N–H and O–H groups in total. The summed E-state index contributed by atoms with van der Waals surface area (Å²) < 4.78 is 53.4. The summed E-state index contributed by atoms with van der Waals surface area (Å²) in [7, 11) is -6.97. The standard InChI is InChI=1S/C18H22N2O4S2/c1-14-7-3-4-8-15(14)13-26(23,24)19-17-11-12-20(25(2,21)22)18-10-6-5-9-16(17)18/h3-10,17,19H,11-13H2,1-2H3. The first-order chi connectivity index (χ1) is 12.2. The molecular formula is C18H22N2O4S2. The topological polar surface area (TPSA) is 83.6 Å². The van der Waals surface area contributed by atoms with Gasteiger partial charge in [0, 0.05) is 6.54 Å². The molecule has 0 saturated carbocycles. The molecule has 1 unspecified atom stereocenters. The molecule has 26 heavy (non-hydrogen) atoms. The molecule has 1 heterocycles. The Bertz CT molecular complexity index is 1020. The molecular weight excluding hydrogens is 372 g/mol. The third kappa shape index (κ3) is 4.08. The quantitative estimate of drug-likeness (QED) is 0.844. The Labute approximate surface area is 155 Å². The van der Waals surface area contributed by atoms with Crippen molar-refractivity contribution in [2.75, 3.05) is 17.1 Å². The Morgan fingerprint density at radius 3 is 2.38 bits per heavy atom. The van der Waals surface area contributed by atoms with Gasteiger partial charge in [-0.3, -0.25) is 4.31 Å². The molecule has 0 fully saturated rings. The summed E-state index contributed by atoms with van der Waals surface area (Å²) in [5.74, 6) is -0.103. The fraction of sp³-hybridized carbons (Fsp3) is 0.333. The summed E-state index contributed by atoms with van der Waals surface area (Å²) in [4.78, 5) is 0. The highest BCUT2D eigenvalue weighted by Crippen LogP contribution is 2.35. The predicted molar refractivity (Wildman–Crippen MR) is 103 cm³/mol. The zero-order chi connectivity index (χ0) is 18.9. The number of para-hydroxylation sites is 1. The van der Waals surface area contributed by atoms with E-state index in [-0.39, 0.29) is 12.3 Å². The Morgan fingerprint density at radius 1 is 1.04 bits per heavy atom. The summed E-state index contributed by atoms with van der Waals surface area (Å²) in [6.45, 7) is 2.12. The molecule has 1 aliphatic heterocycles. The zero-order valence-electron chi connectivity index (χ0n) is 14.7. The molecule has 0 radical (unpaired) electrons. The van der Waals surface area contributed by atoms with Crippen molar-refractivity contribution in [3.05, 3.63) is 65.2 Å². The predicted octanol–water partition coefficient (Wildman–Crippen LogP) is 2.33. The van der Waals surface area contributed by atoms with Gasteiger partial charge in [0.25, 0.3) is 0 Å².